The Bertz CT molecular complexity index is 651. The molecular formula is C15H13ClN2O2. The first-order chi connectivity index (χ1) is 9.60. The van der Waals surface area contributed by atoms with Crippen LogP contribution in [-0.4, -0.2) is 11.1 Å². The van der Waals surface area contributed by atoms with Gasteiger partial charge in [-0.3, -0.25) is 15.1 Å². The quantitative estimate of drug-likeness (QED) is 0.470. The molecule has 2 rings (SSSR count). The molecule has 0 fully saturated rings. The minimum Gasteiger partial charge on any atom is -0.258 e. The Labute approximate surface area is 121 Å². The second-order valence-corrected chi connectivity index (χ2v) is 4.65. The maximum atomic E-state index is 10.7. The Kier molecular flexibility index (Phi) is 4.48. The van der Waals surface area contributed by atoms with Crippen molar-refractivity contribution in [1.29, 1.82) is 0 Å². The third-order valence-corrected chi connectivity index (χ3v) is 3.23. The molecule has 4 nitrogen and oxygen atoms in total. The van der Waals surface area contributed by atoms with E-state index in [0.29, 0.717) is 10.6 Å². The van der Waals surface area contributed by atoms with Gasteiger partial charge in [-0.05, 0) is 30.2 Å². The zero-order valence-corrected chi connectivity index (χ0v) is 11.7. The molecule has 0 atom stereocenters. The van der Waals surface area contributed by atoms with Gasteiger partial charge in [0.1, 0.15) is 0 Å². The average Bonchev–Trinajstić information content (AvgIpc) is 2.46. The van der Waals surface area contributed by atoms with E-state index in [9.17, 15) is 10.1 Å². The molecule has 0 radical (unpaired) electrons. The molecule has 0 aliphatic rings. The normalized spacial score (nSPS) is 10.9. The highest BCUT2D eigenvalue weighted by Gasteiger charge is 2.08. The first-order valence-electron chi connectivity index (χ1n) is 6.17. The van der Waals surface area contributed by atoms with Crippen molar-refractivity contribution in [3.8, 4) is 0 Å². The lowest BCUT2D eigenvalue weighted by Crippen LogP contribution is -1.90. The first-order valence-corrected chi connectivity index (χ1v) is 6.55. The second kappa shape index (κ2) is 6.30. The van der Waals surface area contributed by atoms with Gasteiger partial charge in [0, 0.05) is 28.9 Å². The Morgan fingerprint density at radius 2 is 1.95 bits per heavy atom. The van der Waals surface area contributed by atoms with E-state index in [0.717, 1.165) is 12.1 Å². The molecule has 0 aromatic heterocycles. The van der Waals surface area contributed by atoms with E-state index in [-0.39, 0.29) is 5.69 Å². The van der Waals surface area contributed by atoms with Crippen LogP contribution in [0.1, 0.15) is 18.1 Å². The lowest BCUT2D eigenvalue weighted by molar-refractivity contribution is -0.384. The van der Waals surface area contributed by atoms with Crippen molar-refractivity contribution in [3.63, 3.8) is 0 Å². The van der Waals surface area contributed by atoms with Crippen molar-refractivity contribution >= 4 is 29.2 Å². The number of hydrogen-bond acceptors (Lipinski definition) is 3. The van der Waals surface area contributed by atoms with Gasteiger partial charge in [0.15, 0.2) is 0 Å². The second-order valence-electron chi connectivity index (χ2n) is 4.24. The van der Waals surface area contributed by atoms with Gasteiger partial charge < -0.3 is 0 Å². The Hall–Kier alpha value is -2.20. The van der Waals surface area contributed by atoms with Crippen molar-refractivity contribution in [1.82, 2.24) is 0 Å². The van der Waals surface area contributed by atoms with Crippen molar-refractivity contribution in [3.05, 3.63) is 68.7 Å². The number of non-ortho nitro benzene ring substituents is 1. The van der Waals surface area contributed by atoms with E-state index < -0.39 is 4.92 Å². The molecule has 0 unspecified atom stereocenters. The number of aryl methyl sites for hydroxylation is 1. The molecule has 0 bridgehead atoms. The zero-order valence-electron chi connectivity index (χ0n) is 10.9. The molecule has 2 aromatic rings. The Balaban J connectivity index is 2.25. The summed E-state index contributed by atoms with van der Waals surface area (Å²) in [4.78, 5) is 14.6. The average molecular weight is 289 g/mol. The predicted molar refractivity (Wildman–Crippen MR) is 81.2 cm³/mol. The third kappa shape index (κ3) is 3.42. The minimum absolute atomic E-state index is 0.00261. The number of hydrogen-bond donors (Lipinski definition) is 0. The summed E-state index contributed by atoms with van der Waals surface area (Å²) in [5.41, 5.74) is 2.54. The van der Waals surface area contributed by atoms with Gasteiger partial charge >= 0.3 is 0 Å². The lowest BCUT2D eigenvalue weighted by Gasteiger charge is -1.99. The molecule has 0 N–H and O–H groups in total. The highest BCUT2D eigenvalue weighted by atomic mass is 35.5. The molecule has 0 spiro atoms. The molecule has 0 saturated heterocycles. The van der Waals surface area contributed by atoms with Gasteiger partial charge in [0.25, 0.3) is 5.69 Å². The Morgan fingerprint density at radius 1 is 1.25 bits per heavy atom. The van der Waals surface area contributed by atoms with Crippen LogP contribution in [0.5, 0.6) is 0 Å². The molecule has 102 valence electrons. The first kappa shape index (κ1) is 14.2. The van der Waals surface area contributed by atoms with Crippen LogP contribution in [0, 0.1) is 10.1 Å². The van der Waals surface area contributed by atoms with Gasteiger partial charge in [-0.2, -0.15) is 0 Å². The summed E-state index contributed by atoms with van der Waals surface area (Å²) in [6.45, 7) is 2.08. The maximum absolute atomic E-state index is 10.7. The van der Waals surface area contributed by atoms with Crippen molar-refractivity contribution in [2.75, 3.05) is 0 Å². The number of halogens is 1. The monoisotopic (exact) mass is 288 g/mol. The summed E-state index contributed by atoms with van der Waals surface area (Å²) in [6.07, 6.45) is 2.51. The fourth-order valence-electron chi connectivity index (χ4n) is 1.71. The molecular weight excluding hydrogens is 276 g/mol. The minimum atomic E-state index is -0.455. The van der Waals surface area contributed by atoms with E-state index in [2.05, 4.69) is 11.9 Å². The van der Waals surface area contributed by atoms with Crippen LogP contribution >= 0.6 is 11.6 Å². The van der Waals surface area contributed by atoms with E-state index in [4.69, 9.17) is 11.6 Å². The summed E-state index contributed by atoms with van der Waals surface area (Å²) >= 11 is 6.00. The van der Waals surface area contributed by atoms with Crippen molar-refractivity contribution in [2.45, 2.75) is 13.3 Å². The number of aliphatic imine (C=N–C) groups is 1. The van der Waals surface area contributed by atoms with Crippen LogP contribution in [0.25, 0.3) is 0 Å². The molecule has 0 amide bonds. The fourth-order valence-corrected chi connectivity index (χ4v) is 1.87. The number of nitrogens with zero attached hydrogens (tertiary/aromatic N) is 2. The lowest BCUT2D eigenvalue weighted by atomic mass is 10.1. The highest BCUT2D eigenvalue weighted by molar-refractivity contribution is 6.33. The van der Waals surface area contributed by atoms with Crippen LogP contribution in [0.15, 0.2) is 47.5 Å². The molecule has 20 heavy (non-hydrogen) atoms. The fraction of sp³-hybridized carbons (Fsp3) is 0.133. The highest BCUT2D eigenvalue weighted by Crippen LogP contribution is 2.21. The van der Waals surface area contributed by atoms with Gasteiger partial charge in [0.2, 0.25) is 0 Å². The molecule has 0 saturated carbocycles. The van der Waals surface area contributed by atoms with Gasteiger partial charge in [-0.15, -0.1) is 0 Å². The number of rotatable bonds is 4. The smallest absolute Gasteiger partial charge is 0.258 e. The number of benzene rings is 2. The summed E-state index contributed by atoms with van der Waals surface area (Å²) in [7, 11) is 0. The summed E-state index contributed by atoms with van der Waals surface area (Å²) in [5.74, 6) is 0. The predicted octanol–water partition coefficient (Wildman–Crippen LogP) is 4.56. The maximum Gasteiger partial charge on any atom is 0.270 e. The van der Waals surface area contributed by atoms with Crippen LogP contribution < -0.4 is 0 Å². The van der Waals surface area contributed by atoms with E-state index in [1.54, 1.807) is 0 Å². The number of nitro benzene ring substituents is 1. The van der Waals surface area contributed by atoms with Gasteiger partial charge in [0.05, 0.1) is 10.6 Å². The van der Waals surface area contributed by atoms with Crippen molar-refractivity contribution in [2.24, 2.45) is 4.99 Å². The molecule has 0 heterocycles. The van der Waals surface area contributed by atoms with Crippen LogP contribution in [0.4, 0.5) is 11.4 Å². The third-order valence-electron chi connectivity index (χ3n) is 2.89. The van der Waals surface area contributed by atoms with E-state index in [1.165, 1.54) is 30.0 Å². The van der Waals surface area contributed by atoms with Crippen LogP contribution in [0.2, 0.25) is 5.02 Å². The largest absolute Gasteiger partial charge is 0.270 e. The SMILES string of the molecule is CCc1ccc(N=Cc2cc([N+](=O)[O-])ccc2Cl)cc1. The summed E-state index contributed by atoms with van der Waals surface area (Å²) < 4.78 is 0. The summed E-state index contributed by atoms with van der Waals surface area (Å²) in [6, 6.07) is 12.1. The van der Waals surface area contributed by atoms with Crippen molar-refractivity contribution < 1.29 is 4.92 Å². The molecule has 0 aliphatic carbocycles. The zero-order chi connectivity index (χ0) is 14.5. The van der Waals surface area contributed by atoms with E-state index >= 15 is 0 Å². The van der Waals surface area contributed by atoms with Gasteiger partial charge in [-0.1, -0.05) is 30.7 Å². The molecule has 0 aliphatic heterocycles. The van der Waals surface area contributed by atoms with E-state index in [1.807, 2.05) is 24.3 Å². The molecule has 5 heteroatoms. The topological polar surface area (TPSA) is 55.5 Å². The van der Waals surface area contributed by atoms with Gasteiger partial charge in [-0.25, -0.2) is 0 Å². The number of nitro groups is 1. The van der Waals surface area contributed by atoms with Crippen LogP contribution in [0.3, 0.4) is 0 Å². The van der Waals surface area contributed by atoms with Crippen LogP contribution in [-0.2, 0) is 6.42 Å². The summed E-state index contributed by atoms with van der Waals surface area (Å²) in [5, 5.41) is 11.2. The Morgan fingerprint density at radius 3 is 2.55 bits per heavy atom. The molecule has 2 aromatic carbocycles. The standard InChI is InChI=1S/C15H13ClN2O2/c1-2-11-3-5-13(6-4-11)17-10-12-9-14(18(19)20)7-8-15(12)16/h3-10H,2H2,1H3.